The lowest BCUT2D eigenvalue weighted by molar-refractivity contribution is -0.121. The minimum absolute atomic E-state index is 0.0680. The number of rotatable bonds is 4. The summed E-state index contributed by atoms with van der Waals surface area (Å²) in [5.41, 5.74) is 1.11. The van der Waals surface area contributed by atoms with Crippen LogP contribution in [0.3, 0.4) is 0 Å². The van der Waals surface area contributed by atoms with Crippen molar-refractivity contribution < 1.29 is 9.59 Å². The molecule has 0 aliphatic rings. The number of hydrogen-bond acceptors (Lipinski definition) is 2. The SMILES string of the molecule is CC(=O)NC(C)(C)c1cccc(C(C)(C)NC(C)=O)c1. The summed E-state index contributed by atoms with van der Waals surface area (Å²) in [6.45, 7) is 10.8. The third-order valence-electron chi connectivity index (χ3n) is 3.28. The van der Waals surface area contributed by atoms with E-state index in [0.717, 1.165) is 11.1 Å². The summed E-state index contributed by atoms with van der Waals surface area (Å²) in [4.78, 5) is 22.6. The molecule has 2 amide bonds. The highest BCUT2D eigenvalue weighted by Crippen LogP contribution is 2.26. The van der Waals surface area contributed by atoms with Crippen LogP contribution in [0.4, 0.5) is 0 Å². The van der Waals surface area contributed by atoms with Crippen LogP contribution in [0.15, 0.2) is 24.3 Å². The fourth-order valence-corrected chi connectivity index (χ4v) is 2.32. The van der Waals surface area contributed by atoms with E-state index in [-0.39, 0.29) is 11.8 Å². The van der Waals surface area contributed by atoms with E-state index in [1.807, 2.05) is 52.0 Å². The van der Waals surface area contributed by atoms with Crippen molar-refractivity contribution in [3.8, 4) is 0 Å². The zero-order valence-corrected chi connectivity index (χ0v) is 13.1. The van der Waals surface area contributed by atoms with Gasteiger partial charge in [-0.25, -0.2) is 0 Å². The summed E-state index contributed by atoms with van der Waals surface area (Å²) >= 11 is 0. The second-order valence-electron chi connectivity index (χ2n) is 6.19. The Kier molecular flexibility index (Phi) is 4.58. The average molecular weight is 276 g/mol. The normalized spacial score (nSPS) is 11.9. The van der Waals surface area contributed by atoms with Gasteiger partial charge >= 0.3 is 0 Å². The molecule has 1 rings (SSSR count). The van der Waals surface area contributed by atoms with Crippen LogP contribution >= 0.6 is 0 Å². The molecule has 2 N–H and O–H groups in total. The van der Waals surface area contributed by atoms with E-state index in [9.17, 15) is 9.59 Å². The molecule has 1 aromatic rings. The third kappa shape index (κ3) is 4.08. The van der Waals surface area contributed by atoms with Gasteiger partial charge < -0.3 is 10.6 Å². The van der Waals surface area contributed by atoms with Gasteiger partial charge in [-0.05, 0) is 38.8 Å². The molecule has 4 nitrogen and oxygen atoms in total. The minimum Gasteiger partial charge on any atom is -0.347 e. The van der Waals surface area contributed by atoms with Crippen molar-refractivity contribution in [2.75, 3.05) is 0 Å². The molecule has 4 heteroatoms. The van der Waals surface area contributed by atoms with Gasteiger partial charge in [0.05, 0.1) is 11.1 Å². The minimum atomic E-state index is -0.450. The van der Waals surface area contributed by atoms with E-state index < -0.39 is 11.1 Å². The lowest BCUT2D eigenvalue weighted by Gasteiger charge is -2.30. The van der Waals surface area contributed by atoms with Crippen LogP contribution in [0, 0.1) is 0 Å². The molecule has 0 spiro atoms. The molecule has 0 aromatic heterocycles. The molecule has 110 valence electrons. The molecule has 0 saturated carbocycles. The van der Waals surface area contributed by atoms with Crippen molar-refractivity contribution in [2.45, 2.75) is 52.6 Å². The number of benzene rings is 1. The van der Waals surface area contributed by atoms with Crippen molar-refractivity contribution >= 4 is 11.8 Å². The van der Waals surface area contributed by atoms with E-state index in [0.29, 0.717) is 0 Å². The molecule has 0 aliphatic carbocycles. The number of amides is 2. The Bertz CT molecular complexity index is 476. The predicted molar refractivity (Wildman–Crippen MR) is 80.1 cm³/mol. The van der Waals surface area contributed by atoms with E-state index in [2.05, 4.69) is 10.6 Å². The number of carbonyl (C=O) groups excluding carboxylic acids is 2. The van der Waals surface area contributed by atoms with Crippen LogP contribution in [-0.4, -0.2) is 11.8 Å². The van der Waals surface area contributed by atoms with Crippen molar-refractivity contribution in [3.63, 3.8) is 0 Å². The first-order valence-corrected chi connectivity index (χ1v) is 6.73. The maximum absolute atomic E-state index is 11.3. The Morgan fingerprint density at radius 3 is 1.50 bits per heavy atom. The number of carbonyl (C=O) groups is 2. The first-order valence-electron chi connectivity index (χ1n) is 6.73. The van der Waals surface area contributed by atoms with Gasteiger partial charge in [-0.15, -0.1) is 0 Å². The van der Waals surface area contributed by atoms with E-state index in [1.165, 1.54) is 13.8 Å². The van der Waals surface area contributed by atoms with Crippen LogP contribution in [-0.2, 0) is 20.7 Å². The van der Waals surface area contributed by atoms with Crippen LogP contribution in [0.1, 0.15) is 52.7 Å². The lowest BCUT2D eigenvalue weighted by Crippen LogP contribution is -2.41. The van der Waals surface area contributed by atoms with E-state index in [4.69, 9.17) is 0 Å². The lowest BCUT2D eigenvalue weighted by atomic mass is 9.87. The molecule has 0 heterocycles. The van der Waals surface area contributed by atoms with Crippen molar-refractivity contribution in [1.29, 1.82) is 0 Å². The Morgan fingerprint density at radius 2 is 1.20 bits per heavy atom. The molecular weight excluding hydrogens is 252 g/mol. The fraction of sp³-hybridized carbons (Fsp3) is 0.500. The largest absolute Gasteiger partial charge is 0.347 e. The molecule has 0 unspecified atom stereocenters. The summed E-state index contributed by atoms with van der Waals surface area (Å²) < 4.78 is 0. The smallest absolute Gasteiger partial charge is 0.217 e. The van der Waals surface area contributed by atoms with Crippen LogP contribution in [0.25, 0.3) is 0 Å². The van der Waals surface area contributed by atoms with Gasteiger partial charge in [-0.2, -0.15) is 0 Å². The Labute approximate surface area is 121 Å². The monoisotopic (exact) mass is 276 g/mol. The molecule has 1 aromatic carbocycles. The molecule has 0 atom stereocenters. The predicted octanol–water partition coefficient (Wildman–Crippen LogP) is 2.43. The van der Waals surface area contributed by atoms with Gasteiger partial charge in [-0.1, -0.05) is 24.3 Å². The average Bonchev–Trinajstić information content (AvgIpc) is 2.25. The Hall–Kier alpha value is -1.84. The summed E-state index contributed by atoms with van der Waals surface area (Å²) in [5, 5.41) is 5.86. The quantitative estimate of drug-likeness (QED) is 0.887. The molecule has 0 bridgehead atoms. The highest BCUT2D eigenvalue weighted by Gasteiger charge is 2.26. The van der Waals surface area contributed by atoms with Gasteiger partial charge in [0.15, 0.2) is 0 Å². The molecule has 0 radical (unpaired) electrons. The second-order valence-corrected chi connectivity index (χ2v) is 6.19. The van der Waals surface area contributed by atoms with Crippen LogP contribution in [0.2, 0.25) is 0 Å². The summed E-state index contributed by atoms with van der Waals surface area (Å²) in [5.74, 6) is -0.136. The molecule has 0 fully saturated rings. The molecule has 0 saturated heterocycles. The summed E-state index contributed by atoms with van der Waals surface area (Å²) in [6.07, 6.45) is 0. The first kappa shape index (κ1) is 16.2. The topological polar surface area (TPSA) is 58.2 Å². The van der Waals surface area contributed by atoms with E-state index in [1.54, 1.807) is 0 Å². The third-order valence-corrected chi connectivity index (χ3v) is 3.28. The van der Waals surface area contributed by atoms with Crippen LogP contribution < -0.4 is 10.6 Å². The molecular formula is C16H24N2O2. The zero-order chi connectivity index (χ0) is 15.6. The fourth-order valence-electron chi connectivity index (χ4n) is 2.32. The highest BCUT2D eigenvalue weighted by molar-refractivity contribution is 5.74. The summed E-state index contributed by atoms with van der Waals surface area (Å²) in [7, 11) is 0. The van der Waals surface area contributed by atoms with Crippen LogP contribution in [0.5, 0.6) is 0 Å². The maximum atomic E-state index is 11.3. The van der Waals surface area contributed by atoms with Crippen molar-refractivity contribution in [2.24, 2.45) is 0 Å². The molecule has 0 aliphatic heterocycles. The van der Waals surface area contributed by atoms with Crippen molar-refractivity contribution in [1.82, 2.24) is 10.6 Å². The Balaban J connectivity index is 3.13. The molecule has 20 heavy (non-hydrogen) atoms. The van der Waals surface area contributed by atoms with Gasteiger partial charge in [-0.3, -0.25) is 9.59 Å². The maximum Gasteiger partial charge on any atom is 0.217 e. The van der Waals surface area contributed by atoms with Gasteiger partial charge in [0.25, 0.3) is 0 Å². The Morgan fingerprint density at radius 1 is 0.850 bits per heavy atom. The summed E-state index contributed by atoms with van der Waals surface area (Å²) in [6, 6.07) is 7.91. The van der Waals surface area contributed by atoms with E-state index >= 15 is 0 Å². The first-order chi connectivity index (χ1) is 9.04. The number of hydrogen-bond donors (Lipinski definition) is 2. The van der Waals surface area contributed by atoms with Crippen molar-refractivity contribution in [3.05, 3.63) is 35.4 Å². The second kappa shape index (κ2) is 5.65. The highest BCUT2D eigenvalue weighted by atomic mass is 16.2. The zero-order valence-electron chi connectivity index (χ0n) is 13.1. The van der Waals surface area contributed by atoms with Gasteiger partial charge in [0.2, 0.25) is 11.8 Å². The van der Waals surface area contributed by atoms with Gasteiger partial charge in [0, 0.05) is 13.8 Å². The standard InChI is InChI=1S/C16H24N2O2/c1-11(19)17-15(3,4)13-8-7-9-14(10-13)16(5,6)18-12(2)20/h7-10H,1-6H3,(H,17,19)(H,18,20). The number of nitrogens with one attached hydrogen (secondary N) is 2. The van der Waals surface area contributed by atoms with Gasteiger partial charge in [0.1, 0.15) is 0 Å².